The summed E-state index contributed by atoms with van der Waals surface area (Å²) >= 11 is 1.97. The van der Waals surface area contributed by atoms with Crippen LogP contribution in [0.1, 0.15) is 11.1 Å². The summed E-state index contributed by atoms with van der Waals surface area (Å²) in [5.74, 6) is -2.56. The highest BCUT2D eigenvalue weighted by atomic mass is 79.9. The molecule has 100 valence electrons. The van der Waals surface area contributed by atoms with Gasteiger partial charge in [0.05, 0.1) is 0 Å². The number of hydrogen-bond donors (Lipinski definition) is 0. The van der Waals surface area contributed by atoms with E-state index in [9.17, 15) is 17.6 Å². The first-order valence-electron chi connectivity index (χ1n) is 5.42. The summed E-state index contributed by atoms with van der Waals surface area (Å²) < 4.78 is 53.2. The summed E-state index contributed by atoms with van der Waals surface area (Å²) in [7, 11) is 0. The Morgan fingerprint density at radius 1 is 0.895 bits per heavy atom. The molecule has 0 N–H and O–H groups in total. The molecule has 0 atom stereocenters. The Kier molecular flexibility index (Phi) is 3.67. The van der Waals surface area contributed by atoms with Gasteiger partial charge in [0.25, 0.3) is 0 Å². The molecule has 0 bridgehead atoms. The largest absolute Gasteiger partial charge is 0.332 e. The Balaban J connectivity index is 2.54. The van der Waals surface area contributed by atoms with Crippen LogP contribution in [-0.4, -0.2) is 0 Å². The number of benzene rings is 2. The predicted molar refractivity (Wildman–Crippen MR) is 69.4 cm³/mol. The molecule has 0 spiro atoms. The molecule has 0 nitrogen and oxygen atoms in total. The maximum Gasteiger partial charge on any atom is 0.332 e. The lowest BCUT2D eigenvalue weighted by molar-refractivity contribution is 0.105. The quantitative estimate of drug-likeness (QED) is 0.511. The van der Waals surface area contributed by atoms with Crippen LogP contribution in [0.15, 0.2) is 36.4 Å². The van der Waals surface area contributed by atoms with Gasteiger partial charge in [-0.25, -0.2) is 8.78 Å². The summed E-state index contributed by atoms with van der Waals surface area (Å²) in [5.41, 5.74) is 0.500. The molecule has 2 rings (SSSR count). The molecule has 0 saturated heterocycles. The summed E-state index contributed by atoms with van der Waals surface area (Å²) in [6.45, 7) is 1.87. The van der Waals surface area contributed by atoms with Crippen molar-refractivity contribution < 1.29 is 17.6 Å². The van der Waals surface area contributed by atoms with Gasteiger partial charge < -0.3 is 0 Å². The zero-order valence-corrected chi connectivity index (χ0v) is 11.4. The first-order valence-corrected chi connectivity index (χ1v) is 6.21. The predicted octanol–water partition coefficient (Wildman–Crippen LogP) is 5.38. The van der Waals surface area contributed by atoms with Crippen molar-refractivity contribution in [3.63, 3.8) is 0 Å². The van der Waals surface area contributed by atoms with E-state index in [4.69, 9.17) is 0 Å². The summed E-state index contributed by atoms with van der Waals surface area (Å²) in [6.07, 6.45) is 0. The third-order valence-corrected chi connectivity index (χ3v) is 3.11. The van der Waals surface area contributed by atoms with Crippen molar-refractivity contribution in [3.05, 3.63) is 59.2 Å². The molecule has 0 aromatic heterocycles. The van der Waals surface area contributed by atoms with E-state index in [-0.39, 0.29) is 5.56 Å². The fourth-order valence-corrected chi connectivity index (χ4v) is 2.14. The lowest BCUT2D eigenvalue weighted by atomic mass is 10.0. The van der Waals surface area contributed by atoms with Gasteiger partial charge in [-0.3, -0.25) is 0 Å². The molecule has 0 radical (unpaired) electrons. The van der Waals surface area contributed by atoms with Gasteiger partial charge in [0.2, 0.25) is 0 Å². The number of rotatable bonds is 2. The van der Waals surface area contributed by atoms with Gasteiger partial charge >= 0.3 is 4.83 Å². The molecule has 2 aromatic rings. The van der Waals surface area contributed by atoms with Crippen LogP contribution in [0.3, 0.4) is 0 Å². The fraction of sp³-hybridized carbons (Fsp3) is 0.143. The van der Waals surface area contributed by atoms with Crippen molar-refractivity contribution in [1.29, 1.82) is 0 Å². The summed E-state index contributed by atoms with van der Waals surface area (Å²) in [5, 5.41) is 0. The second kappa shape index (κ2) is 4.96. The van der Waals surface area contributed by atoms with E-state index >= 15 is 0 Å². The molecule has 0 saturated carbocycles. The monoisotopic (exact) mass is 332 g/mol. The van der Waals surface area contributed by atoms with Crippen LogP contribution in [0.4, 0.5) is 17.6 Å². The molecule has 19 heavy (non-hydrogen) atoms. The molecule has 2 aromatic carbocycles. The zero-order chi connectivity index (χ0) is 14.2. The van der Waals surface area contributed by atoms with Crippen molar-refractivity contribution in [2.75, 3.05) is 0 Å². The Morgan fingerprint density at radius 3 is 1.79 bits per heavy atom. The smallest absolute Gasteiger partial charge is 0.206 e. The third-order valence-electron chi connectivity index (χ3n) is 2.71. The van der Waals surface area contributed by atoms with E-state index in [1.165, 1.54) is 0 Å². The van der Waals surface area contributed by atoms with Crippen LogP contribution < -0.4 is 0 Å². The van der Waals surface area contributed by atoms with Crippen LogP contribution in [0.25, 0.3) is 11.1 Å². The first kappa shape index (κ1) is 14.1. The van der Waals surface area contributed by atoms with Gasteiger partial charge in [0, 0.05) is 0 Å². The molecule has 0 fully saturated rings. The molecule has 0 amide bonds. The van der Waals surface area contributed by atoms with Gasteiger partial charge in [-0.05, 0) is 46.1 Å². The number of hydrogen-bond acceptors (Lipinski definition) is 0. The van der Waals surface area contributed by atoms with E-state index < -0.39 is 22.0 Å². The first-order chi connectivity index (χ1) is 8.79. The zero-order valence-electron chi connectivity index (χ0n) is 9.85. The number of alkyl halides is 3. The second-order valence-electron chi connectivity index (χ2n) is 4.18. The summed E-state index contributed by atoms with van der Waals surface area (Å²) in [6, 6.07) is 8.71. The van der Waals surface area contributed by atoms with Gasteiger partial charge in [-0.15, -0.1) is 0 Å². The van der Waals surface area contributed by atoms with Gasteiger partial charge in [-0.1, -0.05) is 29.8 Å². The average Bonchev–Trinajstić information content (AvgIpc) is 2.26. The Morgan fingerprint density at radius 2 is 1.37 bits per heavy atom. The molecule has 0 unspecified atom stereocenters. The minimum absolute atomic E-state index is 0.218. The van der Waals surface area contributed by atoms with Crippen LogP contribution in [0, 0.1) is 18.6 Å². The maximum absolute atomic E-state index is 13.6. The standard InChI is InChI=1S/C14H9BrF4/c1-8-2-4-9(5-3-8)10-6-11(16)13(12(17)7-10)14(15,18)19/h2-7H,1H3. The molecular formula is C14H9BrF4. The number of aryl methyl sites for hydroxylation is 1. The normalized spacial score (nSPS) is 11.7. The second-order valence-corrected chi connectivity index (χ2v) is 5.17. The van der Waals surface area contributed by atoms with Crippen molar-refractivity contribution in [1.82, 2.24) is 0 Å². The molecule has 0 aliphatic heterocycles. The molecule has 0 aliphatic rings. The van der Waals surface area contributed by atoms with Crippen molar-refractivity contribution in [2.24, 2.45) is 0 Å². The van der Waals surface area contributed by atoms with E-state index in [2.05, 4.69) is 0 Å². The summed E-state index contributed by atoms with van der Waals surface area (Å²) in [4.78, 5) is -3.73. The van der Waals surface area contributed by atoms with E-state index in [1.54, 1.807) is 24.3 Å². The Labute approximate surface area is 116 Å². The maximum atomic E-state index is 13.6. The van der Waals surface area contributed by atoms with Gasteiger partial charge in [0.1, 0.15) is 17.2 Å². The molecular weight excluding hydrogens is 324 g/mol. The Hall–Kier alpha value is -1.36. The molecule has 0 heterocycles. The van der Waals surface area contributed by atoms with Crippen LogP contribution in [0.2, 0.25) is 0 Å². The van der Waals surface area contributed by atoms with Gasteiger partial charge in [0.15, 0.2) is 0 Å². The highest BCUT2D eigenvalue weighted by molar-refractivity contribution is 9.09. The average molecular weight is 333 g/mol. The van der Waals surface area contributed by atoms with Crippen LogP contribution >= 0.6 is 15.9 Å². The van der Waals surface area contributed by atoms with E-state index in [0.717, 1.165) is 17.7 Å². The Bertz CT molecular complexity index is 577. The minimum atomic E-state index is -3.73. The third kappa shape index (κ3) is 2.97. The van der Waals surface area contributed by atoms with E-state index in [0.29, 0.717) is 5.56 Å². The fourth-order valence-electron chi connectivity index (χ4n) is 1.76. The highest BCUT2D eigenvalue weighted by Gasteiger charge is 2.34. The number of halogens is 5. The highest BCUT2D eigenvalue weighted by Crippen LogP contribution is 2.39. The minimum Gasteiger partial charge on any atom is -0.206 e. The molecule has 5 heteroatoms. The van der Waals surface area contributed by atoms with Crippen LogP contribution in [-0.2, 0) is 4.83 Å². The molecule has 0 aliphatic carbocycles. The topological polar surface area (TPSA) is 0 Å². The van der Waals surface area contributed by atoms with Crippen molar-refractivity contribution >= 4 is 15.9 Å². The SMILES string of the molecule is Cc1ccc(-c2cc(F)c(C(F)(F)Br)c(F)c2)cc1. The van der Waals surface area contributed by atoms with Crippen LogP contribution in [0.5, 0.6) is 0 Å². The van der Waals surface area contributed by atoms with Crippen molar-refractivity contribution in [3.8, 4) is 11.1 Å². The van der Waals surface area contributed by atoms with Crippen molar-refractivity contribution in [2.45, 2.75) is 11.8 Å². The van der Waals surface area contributed by atoms with Gasteiger partial charge in [-0.2, -0.15) is 8.78 Å². The lowest BCUT2D eigenvalue weighted by Crippen LogP contribution is -2.09. The lowest BCUT2D eigenvalue weighted by Gasteiger charge is -2.12. The van der Waals surface area contributed by atoms with E-state index in [1.807, 2.05) is 22.9 Å².